The summed E-state index contributed by atoms with van der Waals surface area (Å²) in [6.45, 7) is 5.31. The third-order valence-electron chi connectivity index (χ3n) is 8.16. The van der Waals surface area contributed by atoms with Crippen LogP contribution in [0.4, 0.5) is 28.0 Å². The molecule has 10 nitrogen and oxygen atoms in total. The van der Waals surface area contributed by atoms with Crippen LogP contribution in [-0.2, 0) is 29.6 Å². The molecule has 2 amide bonds. The smallest absolute Gasteiger partial charge is 0.435 e. The minimum Gasteiger partial charge on any atom is -0.598 e. The number of pyridine rings is 1. The maximum atomic E-state index is 15.5. The van der Waals surface area contributed by atoms with Crippen molar-refractivity contribution >= 4 is 29.0 Å². The molecule has 1 aliphatic rings. The highest BCUT2D eigenvalue weighted by Crippen LogP contribution is 2.43. The number of carboxylic acid groups (broad SMARTS) is 1. The lowest BCUT2D eigenvalue weighted by Crippen LogP contribution is -2.52. The third kappa shape index (κ3) is 8.58. The molecule has 0 radical (unpaired) electrons. The van der Waals surface area contributed by atoms with Gasteiger partial charge in [0, 0.05) is 36.4 Å². The Morgan fingerprint density at radius 3 is 2.37 bits per heavy atom. The summed E-state index contributed by atoms with van der Waals surface area (Å²) in [7, 11) is 0. The SMILES string of the molecule is CC(C)(C)[S@@+]([O-])N[C@@](CCC1CC1)(c1ccncc1)c1ccc(F)c(NC(=O)c2cc(C(F)(F)F)nn2-c2cccc(CNC(=O)O)c2)c1. The summed E-state index contributed by atoms with van der Waals surface area (Å²) in [4.78, 5) is 28.8. The van der Waals surface area contributed by atoms with Crippen molar-refractivity contribution in [3.8, 4) is 5.69 Å². The summed E-state index contributed by atoms with van der Waals surface area (Å²) in [6.07, 6.45) is 0.371. The maximum absolute atomic E-state index is 15.5. The highest BCUT2D eigenvalue weighted by molar-refractivity contribution is 7.90. The number of amides is 2. The van der Waals surface area contributed by atoms with Gasteiger partial charge in [-0.05, 0) is 92.6 Å². The molecule has 15 heteroatoms. The summed E-state index contributed by atoms with van der Waals surface area (Å²) < 4.78 is 74.0. The van der Waals surface area contributed by atoms with Crippen molar-refractivity contribution in [2.75, 3.05) is 5.32 Å². The first-order chi connectivity index (χ1) is 23.1. The standard InChI is InChI=1S/C34H36F4N6O4S/c1-32(2,3)49(48)43-33(14-11-21-7-8-21,23-12-15-39-16-13-23)24-9-10-26(35)27(18-24)41-30(45)28-19-29(34(36,37)38)42-44(28)25-6-4-5-22(17-25)20-40-31(46)47/h4-6,9-10,12-13,15-19,21,40,43H,7-8,11,14,20H2,1-3H3,(H,41,45)(H,46,47)/t33-,49+/m0/s1. The van der Waals surface area contributed by atoms with Gasteiger partial charge in [0.1, 0.15) is 21.8 Å². The predicted octanol–water partition coefficient (Wildman–Crippen LogP) is 6.93. The molecule has 2 aromatic heterocycles. The fraction of sp³-hybridized carbons (Fsp3) is 0.353. The van der Waals surface area contributed by atoms with Crippen LogP contribution in [0.25, 0.3) is 5.69 Å². The molecular weight excluding hydrogens is 664 g/mol. The molecule has 5 rings (SSSR count). The first-order valence-corrected chi connectivity index (χ1v) is 16.7. The number of alkyl halides is 3. The minimum absolute atomic E-state index is 0.0465. The molecule has 260 valence electrons. The van der Waals surface area contributed by atoms with Crippen molar-refractivity contribution < 1.29 is 36.8 Å². The third-order valence-corrected chi connectivity index (χ3v) is 9.81. The summed E-state index contributed by atoms with van der Waals surface area (Å²) in [6, 6.07) is 14.0. The zero-order chi connectivity index (χ0) is 35.6. The fourth-order valence-electron chi connectivity index (χ4n) is 5.33. The van der Waals surface area contributed by atoms with E-state index < -0.39 is 57.0 Å². The van der Waals surface area contributed by atoms with E-state index in [4.69, 9.17) is 5.11 Å². The van der Waals surface area contributed by atoms with E-state index in [1.165, 1.54) is 30.3 Å². The van der Waals surface area contributed by atoms with Crippen LogP contribution in [0.3, 0.4) is 0 Å². The Bertz CT molecular complexity index is 1810. The Morgan fingerprint density at radius 2 is 1.73 bits per heavy atom. The van der Waals surface area contributed by atoms with Gasteiger partial charge in [-0.3, -0.25) is 9.78 Å². The average Bonchev–Trinajstić information content (AvgIpc) is 3.76. The Balaban J connectivity index is 1.56. The Labute approximate surface area is 283 Å². The van der Waals surface area contributed by atoms with Crippen LogP contribution in [-0.4, -0.2) is 41.2 Å². The van der Waals surface area contributed by atoms with Gasteiger partial charge in [0.2, 0.25) is 0 Å². The van der Waals surface area contributed by atoms with Crippen LogP contribution in [0.2, 0.25) is 0 Å². The first kappa shape index (κ1) is 35.8. The summed E-state index contributed by atoms with van der Waals surface area (Å²) in [5, 5.41) is 17.2. The van der Waals surface area contributed by atoms with E-state index in [0.717, 1.165) is 35.6 Å². The lowest BCUT2D eigenvalue weighted by molar-refractivity contribution is -0.141. The maximum Gasteiger partial charge on any atom is 0.435 e. The highest BCUT2D eigenvalue weighted by Gasteiger charge is 2.43. The molecule has 49 heavy (non-hydrogen) atoms. The number of nitrogens with zero attached hydrogens (tertiary/aromatic N) is 3. The van der Waals surface area contributed by atoms with E-state index in [2.05, 4.69) is 25.4 Å². The summed E-state index contributed by atoms with van der Waals surface area (Å²) in [5.74, 6) is -1.44. The number of carbonyl (C=O) groups excluding carboxylic acids is 1. The predicted molar refractivity (Wildman–Crippen MR) is 176 cm³/mol. The van der Waals surface area contributed by atoms with Gasteiger partial charge >= 0.3 is 12.3 Å². The first-order valence-electron chi connectivity index (χ1n) is 15.5. The van der Waals surface area contributed by atoms with E-state index in [-0.39, 0.29) is 17.9 Å². The van der Waals surface area contributed by atoms with Crippen LogP contribution in [0.15, 0.2) is 73.1 Å². The van der Waals surface area contributed by atoms with Gasteiger partial charge in [-0.2, -0.15) is 18.3 Å². The molecule has 2 atom stereocenters. The number of halogens is 4. The molecule has 2 aromatic carbocycles. The van der Waals surface area contributed by atoms with Crippen molar-refractivity contribution in [2.24, 2.45) is 5.92 Å². The molecule has 1 aliphatic carbocycles. The molecule has 1 fully saturated rings. The quantitative estimate of drug-likeness (QED) is 0.0927. The number of hydrogen-bond donors (Lipinski definition) is 4. The summed E-state index contributed by atoms with van der Waals surface area (Å²) >= 11 is -1.60. The molecule has 0 bridgehead atoms. The van der Waals surface area contributed by atoms with E-state index in [0.29, 0.717) is 29.5 Å². The molecule has 0 saturated heterocycles. The van der Waals surface area contributed by atoms with E-state index in [1.807, 2.05) is 20.8 Å². The topological polar surface area (TPSA) is 144 Å². The molecular formula is C34H36F4N6O4S. The second-order valence-corrected chi connectivity index (χ2v) is 14.9. The van der Waals surface area contributed by atoms with Gasteiger partial charge < -0.3 is 20.3 Å². The van der Waals surface area contributed by atoms with Crippen LogP contribution >= 0.6 is 0 Å². The molecule has 4 aromatic rings. The largest absolute Gasteiger partial charge is 0.598 e. The van der Waals surface area contributed by atoms with Gasteiger partial charge in [0.05, 0.1) is 11.4 Å². The summed E-state index contributed by atoms with van der Waals surface area (Å²) in [5.41, 5.74) is -1.67. The lowest BCUT2D eigenvalue weighted by Gasteiger charge is -2.38. The molecule has 4 N–H and O–H groups in total. The van der Waals surface area contributed by atoms with E-state index in [1.54, 1.807) is 30.6 Å². The number of nitrogens with one attached hydrogen (secondary N) is 3. The van der Waals surface area contributed by atoms with Crippen molar-refractivity contribution in [1.82, 2.24) is 24.8 Å². The normalized spacial score (nSPS) is 15.3. The van der Waals surface area contributed by atoms with Crippen LogP contribution in [0, 0.1) is 11.7 Å². The van der Waals surface area contributed by atoms with Crippen molar-refractivity contribution in [3.05, 3.63) is 107 Å². The van der Waals surface area contributed by atoms with Gasteiger partial charge in [0.25, 0.3) is 5.91 Å². The number of hydrogen-bond acceptors (Lipinski definition) is 6. The zero-order valence-electron chi connectivity index (χ0n) is 27.0. The van der Waals surface area contributed by atoms with Crippen LogP contribution in [0.1, 0.15) is 79.3 Å². The Kier molecular flexibility index (Phi) is 10.4. The monoisotopic (exact) mass is 700 g/mol. The number of rotatable bonds is 12. The van der Waals surface area contributed by atoms with E-state index >= 15 is 4.39 Å². The molecule has 0 aliphatic heterocycles. The second-order valence-electron chi connectivity index (χ2n) is 12.9. The number of anilines is 1. The fourth-order valence-corrected chi connectivity index (χ4v) is 6.29. The number of aromatic nitrogens is 3. The lowest BCUT2D eigenvalue weighted by atomic mass is 9.79. The molecule has 0 spiro atoms. The van der Waals surface area contributed by atoms with Gasteiger partial charge in [-0.1, -0.05) is 31.0 Å². The van der Waals surface area contributed by atoms with Crippen molar-refractivity contribution in [3.63, 3.8) is 0 Å². The Morgan fingerprint density at radius 1 is 1.02 bits per heavy atom. The van der Waals surface area contributed by atoms with Crippen molar-refractivity contribution in [2.45, 2.75) is 69.5 Å². The van der Waals surface area contributed by atoms with Gasteiger partial charge in [-0.25, -0.2) is 13.9 Å². The van der Waals surface area contributed by atoms with Crippen LogP contribution in [0.5, 0.6) is 0 Å². The second kappa shape index (κ2) is 14.2. The number of carbonyl (C=O) groups is 2. The van der Waals surface area contributed by atoms with Gasteiger partial charge in [0.15, 0.2) is 5.69 Å². The zero-order valence-corrected chi connectivity index (χ0v) is 27.8. The average molecular weight is 701 g/mol. The molecule has 0 unspecified atom stereocenters. The van der Waals surface area contributed by atoms with E-state index in [9.17, 15) is 27.3 Å². The molecule has 1 saturated carbocycles. The van der Waals surface area contributed by atoms with Crippen molar-refractivity contribution in [1.29, 1.82) is 0 Å². The number of benzene rings is 2. The Hall–Kier alpha value is -4.47. The highest BCUT2D eigenvalue weighted by atomic mass is 32.2. The minimum atomic E-state index is -4.91. The van der Waals surface area contributed by atoms with Gasteiger partial charge in [-0.15, -0.1) is 4.72 Å². The van der Waals surface area contributed by atoms with Crippen LogP contribution < -0.4 is 15.4 Å². The molecule has 2 heterocycles.